The van der Waals surface area contributed by atoms with E-state index in [-0.39, 0.29) is 6.03 Å². The second-order valence-corrected chi connectivity index (χ2v) is 4.73. The van der Waals surface area contributed by atoms with Gasteiger partial charge in [-0.15, -0.1) is 0 Å². The van der Waals surface area contributed by atoms with Crippen molar-refractivity contribution in [3.05, 3.63) is 18.2 Å². The first-order valence-electron chi connectivity index (χ1n) is 5.72. The lowest BCUT2D eigenvalue weighted by atomic mass is 10.3. The van der Waals surface area contributed by atoms with Gasteiger partial charge >= 0.3 is 6.03 Å². The summed E-state index contributed by atoms with van der Waals surface area (Å²) in [4.78, 5) is 15.9. The molecule has 2 aromatic rings. The Labute approximate surface area is 114 Å². The summed E-state index contributed by atoms with van der Waals surface area (Å²) in [5.41, 5.74) is 0.752. The SMILES string of the molecule is COCCNC(=O)Nc1nc2c(OC)cccc2s1. The van der Waals surface area contributed by atoms with E-state index >= 15 is 0 Å². The summed E-state index contributed by atoms with van der Waals surface area (Å²) >= 11 is 1.40. The fraction of sp³-hybridized carbons (Fsp3) is 0.333. The van der Waals surface area contributed by atoms with E-state index in [9.17, 15) is 4.79 Å². The van der Waals surface area contributed by atoms with Gasteiger partial charge in [0, 0.05) is 13.7 Å². The van der Waals surface area contributed by atoms with Crippen LogP contribution in [0.1, 0.15) is 0 Å². The molecule has 19 heavy (non-hydrogen) atoms. The number of nitrogens with one attached hydrogen (secondary N) is 2. The number of para-hydroxylation sites is 1. The molecule has 1 aromatic carbocycles. The molecule has 0 radical (unpaired) electrons. The van der Waals surface area contributed by atoms with Crippen LogP contribution in [0.2, 0.25) is 0 Å². The van der Waals surface area contributed by atoms with Gasteiger partial charge in [0.15, 0.2) is 5.13 Å². The van der Waals surface area contributed by atoms with Crippen LogP contribution in [0.15, 0.2) is 18.2 Å². The van der Waals surface area contributed by atoms with Crippen molar-refractivity contribution in [2.75, 3.05) is 32.7 Å². The number of hydrogen-bond donors (Lipinski definition) is 2. The minimum absolute atomic E-state index is 0.296. The fourth-order valence-corrected chi connectivity index (χ4v) is 2.43. The number of carbonyl (C=O) groups is 1. The van der Waals surface area contributed by atoms with Crippen LogP contribution >= 0.6 is 11.3 Å². The number of amides is 2. The number of fused-ring (bicyclic) bond motifs is 1. The third-order valence-corrected chi connectivity index (χ3v) is 3.35. The Morgan fingerprint density at radius 3 is 3.00 bits per heavy atom. The van der Waals surface area contributed by atoms with E-state index in [1.807, 2.05) is 18.2 Å². The molecule has 1 heterocycles. The van der Waals surface area contributed by atoms with Gasteiger partial charge in [-0.05, 0) is 12.1 Å². The van der Waals surface area contributed by atoms with E-state index in [0.29, 0.717) is 24.0 Å². The molecular weight excluding hydrogens is 266 g/mol. The van der Waals surface area contributed by atoms with Crippen LogP contribution < -0.4 is 15.4 Å². The summed E-state index contributed by atoms with van der Waals surface area (Å²) in [6, 6.07) is 5.37. The third-order valence-electron chi connectivity index (χ3n) is 2.41. The van der Waals surface area contributed by atoms with Crippen molar-refractivity contribution in [1.82, 2.24) is 10.3 Å². The lowest BCUT2D eigenvalue weighted by Crippen LogP contribution is -2.31. The molecule has 0 aliphatic rings. The highest BCUT2D eigenvalue weighted by atomic mass is 32.1. The van der Waals surface area contributed by atoms with Gasteiger partial charge in [0.2, 0.25) is 0 Å². The highest BCUT2D eigenvalue weighted by Crippen LogP contribution is 2.31. The average molecular weight is 281 g/mol. The molecule has 0 unspecified atom stereocenters. The predicted octanol–water partition coefficient (Wildman–Crippen LogP) is 2.07. The maximum Gasteiger partial charge on any atom is 0.321 e. The molecule has 0 aliphatic carbocycles. The number of ether oxygens (including phenoxy) is 2. The van der Waals surface area contributed by atoms with Crippen LogP contribution in [0.3, 0.4) is 0 Å². The maximum absolute atomic E-state index is 11.6. The molecule has 2 rings (SSSR count). The lowest BCUT2D eigenvalue weighted by Gasteiger charge is -2.03. The van der Waals surface area contributed by atoms with Crippen LogP contribution in [0.4, 0.5) is 9.93 Å². The van der Waals surface area contributed by atoms with Gasteiger partial charge in [-0.1, -0.05) is 17.4 Å². The molecule has 102 valence electrons. The van der Waals surface area contributed by atoms with Crippen molar-refractivity contribution in [2.45, 2.75) is 0 Å². The zero-order valence-electron chi connectivity index (χ0n) is 10.7. The first-order valence-corrected chi connectivity index (χ1v) is 6.53. The molecule has 1 aromatic heterocycles. The molecule has 2 amide bonds. The van der Waals surface area contributed by atoms with Crippen molar-refractivity contribution >= 4 is 32.7 Å². The first-order chi connectivity index (χ1) is 9.24. The van der Waals surface area contributed by atoms with Crippen LogP contribution in [-0.4, -0.2) is 38.4 Å². The molecule has 0 spiro atoms. The van der Waals surface area contributed by atoms with E-state index in [2.05, 4.69) is 15.6 Å². The number of anilines is 1. The Bertz CT molecular complexity index is 570. The molecule has 2 N–H and O–H groups in total. The molecule has 0 fully saturated rings. The smallest absolute Gasteiger partial charge is 0.321 e. The molecule has 0 bridgehead atoms. The Morgan fingerprint density at radius 2 is 2.26 bits per heavy atom. The zero-order chi connectivity index (χ0) is 13.7. The van der Waals surface area contributed by atoms with E-state index < -0.39 is 0 Å². The second kappa shape index (κ2) is 6.35. The highest BCUT2D eigenvalue weighted by Gasteiger charge is 2.10. The molecule has 0 aliphatic heterocycles. The van der Waals surface area contributed by atoms with E-state index in [4.69, 9.17) is 9.47 Å². The number of carbonyl (C=O) groups excluding carboxylic acids is 1. The standard InChI is InChI=1S/C12H15N3O3S/c1-17-7-6-13-11(16)15-12-14-10-8(18-2)4-3-5-9(10)19-12/h3-5H,6-7H2,1-2H3,(H2,13,14,15,16). The van der Waals surface area contributed by atoms with E-state index in [0.717, 1.165) is 10.2 Å². The Morgan fingerprint density at radius 1 is 1.42 bits per heavy atom. The summed E-state index contributed by atoms with van der Waals surface area (Å²) in [7, 11) is 3.18. The highest BCUT2D eigenvalue weighted by molar-refractivity contribution is 7.22. The summed E-state index contributed by atoms with van der Waals surface area (Å²) in [6.45, 7) is 0.928. The normalized spacial score (nSPS) is 10.4. The molecule has 7 heteroatoms. The second-order valence-electron chi connectivity index (χ2n) is 3.70. The fourth-order valence-electron chi connectivity index (χ4n) is 1.55. The van der Waals surface area contributed by atoms with Crippen LogP contribution in [0.25, 0.3) is 10.2 Å². The van der Waals surface area contributed by atoms with Crippen LogP contribution in [0.5, 0.6) is 5.75 Å². The predicted molar refractivity (Wildman–Crippen MR) is 75.1 cm³/mol. The zero-order valence-corrected chi connectivity index (χ0v) is 11.5. The average Bonchev–Trinajstić information content (AvgIpc) is 2.80. The Balaban J connectivity index is 2.07. The minimum atomic E-state index is -0.296. The Hall–Kier alpha value is -1.86. The Kier molecular flexibility index (Phi) is 4.53. The van der Waals surface area contributed by atoms with Crippen molar-refractivity contribution in [1.29, 1.82) is 0 Å². The topological polar surface area (TPSA) is 72.5 Å². The van der Waals surface area contributed by atoms with E-state index in [1.165, 1.54) is 11.3 Å². The summed E-state index contributed by atoms with van der Waals surface area (Å²) in [5, 5.41) is 5.89. The number of methoxy groups -OCH3 is 2. The summed E-state index contributed by atoms with van der Waals surface area (Å²) in [6.07, 6.45) is 0. The van der Waals surface area contributed by atoms with Gasteiger partial charge in [-0.25, -0.2) is 9.78 Å². The summed E-state index contributed by atoms with van der Waals surface area (Å²) in [5.74, 6) is 0.696. The van der Waals surface area contributed by atoms with Crippen molar-refractivity contribution in [2.24, 2.45) is 0 Å². The van der Waals surface area contributed by atoms with Crippen molar-refractivity contribution in [3.63, 3.8) is 0 Å². The minimum Gasteiger partial charge on any atom is -0.494 e. The molecule has 0 atom stereocenters. The van der Waals surface area contributed by atoms with Gasteiger partial charge in [-0.3, -0.25) is 5.32 Å². The number of rotatable bonds is 5. The van der Waals surface area contributed by atoms with Gasteiger partial charge in [0.25, 0.3) is 0 Å². The van der Waals surface area contributed by atoms with Crippen molar-refractivity contribution in [3.8, 4) is 5.75 Å². The number of urea groups is 1. The largest absolute Gasteiger partial charge is 0.494 e. The molecule has 0 saturated carbocycles. The number of nitrogens with zero attached hydrogens (tertiary/aromatic N) is 1. The third kappa shape index (κ3) is 3.33. The van der Waals surface area contributed by atoms with Crippen molar-refractivity contribution < 1.29 is 14.3 Å². The van der Waals surface area contributed by atoms with E-state index in [1.54, 1.807) is 14.2 Å². The quantitative estimate of drug-likeness (QED) is 0.823. The first kappa shape index (κ1) is 13.6. The number of benzene rings is 1. The molecular formula is C12H15N3O3S. The lowest BCUT2D eigenvalue weighted by molar-refractivity contribution is 0.198. The molecule has 6 nitrogen and oxygen atoms in total. The number of thiazole rings is 1. The summed E-state index contributed by atoms with van der Waals surface area (Å²) < 4.78 is 11.0. The van der Waals surface area contributed by atoms with Crippen LogP contribution in [0, 0.1) is 0 Å². The van der Waals surface area contributed by atoms with Gasteiger partial charge < -0.3 is 14.8 Å². The number of aromatic nitrogens is 1. The van der Waals surface area contributed by atoms with Gasteiger partial charge in [-0.2, -0.15) is 0 Å². The molecule has 0 saturated heterocycles. The van der Waals surface area contributed by atoms with Crippen LogP contribution in [-0.2, 0) is 4.74 Å². The van der Waals surface area contributed by atoms with Gasteiger partial charge in [0.1, 0.15) is 11.3 Å². The maximum atomic E-state index is 11.6. The monoisotopic (exact) mass is 281 g/mol. The van der Waals surface area contributed by atoms with Gasteiger partial charge in [0.05, 0.1) is 18.4 Å². The number of hydrogen-bond acceptors (Lipinski definition) is 5.